The SMILES string of the molecule is CCCNS(=O)(=O)CC(C)(C)OCc1ccccc1. The van der Waals surface area contributed by atoms with Crippen LogP contribution in [-0.2, 0) is 21.4 Å². The number of hydrogen-bond donors (Lipinski definition) is 1. The van der Waals surface area contributed by atoms with Gasteiger partial charge in [0, 0.05) is 6.54 Å². The first-order valence-electron chi connectivity index (χ1n) is 6.50. The summed E-state index contributed by atoms with van der Waals surface area (Å²) in [4.78, 5) is 0. The van der Waals surface area contributed by atoms with Crippen LogP contribution in [0.1, 0.15) is 32.8 Å². The van der Waals surface area contributed by atoms with Gasteiger partial charge >= 0.3 is 0 Å². The van der Waals surface area contributed by atoms with Gasteiger partial charge in [0.1, 0.15) is 0 Å². The minimum absolute atomic E-state index is 0.0349. The molecule has 0 unspecified atom stereocenters. The molecule has 0 spiro atoms. The highest BCUT2D eigenvalue weighted by molar-refractivity contribution is 7.89. The smallest absolute Gasteiger partial charge is 0.214 e. The summed E-state index contributed by atoms with van der Waals surface area (Å²) in [5.41, 5.74) is 0.324. The molecule has 0 amide bonds. The van der Waals surface area contributed by atoms with Crippen molar-refractivity contribution in [2.24, 2.45) is 0 Å². The summed E-state index contributed by atoms with van der Waals surface area (Å²) in [5.74, 6) is -0.0349. The average Bonchev–Trinajstić information content (AvgIpc) is 2.34. The van der Waals surface area contributed by atoms with E-state index in [0.717, 1.165) is 12.0 Å². The van der Waals surface area contributed by atoms with E-state index in [2.05, 4.69) is 4.72 Å². The van der Waals surface area contributed by atoms with Crippen molar-refractivity contribution in [2.75, 3.05) is 12.3 Å². The molecule has 0 aliphatic rings. The molecule has 5 heteroatoms. The highest BCUT2D eigenvalue weighted by Crippen LogP contribution is 2.15. The predicted molar refractivity (Wildman–Crippen MR) is 77.4 cm³/mol. The van der Waals surface area contributed by atoms with E-state index in [-0.39, 0.29) is 5.75 Å². The summed E-state index contributed by atoms with van der Waals surface area (Å²) >= 11 is 0. The van der Waals surface area contributed by atoms with E-state index in [4.69, 9.17) is 4.74 Å². The fourth-order valence-electron chi connectivity index (χ4n) is 1.66. The van der Waals surface area contributed by atoms with Crippen molar-refractivity contribution in [2.45, 2.75) is 39.4 Å². The molecule has 1 rings (SSSR count). The molecule has 0 saturated heterocycles. The number of ether oxygens (including phenoxy) is 1. The van der Waals surface area contributed by atoms with E-state index < -0.39 is 15.6 Å². The Morgan fingerprint density at radius 1 is 1.21 bits per heavy atom. The summed E-state index contributed by atoms with van der Waals surface area (Å²) in [6.07, 6.45) is 0.782. The fourth-order valence-corrected chi connectivity index (χ4v) is 3.28. The predicted octanol–water partition coefficient (Wildman–Crippen LogP) is 2.31. The Morgan fingerprint density at radius 3 is 2.42 bits per heavy atom. The van der Waals surface area contributed by atoms with E-state index in [1.54, 1.807) is 13.8 Å². The molecule has 0 bridgehead atoms. The van der Waals surface area contributed by atoms with Gasteiger partial charge in [-0.25, -0.2) is 13.1 Å². The van der Waals surface area contributed by atoms with E-state index in [1.165, 1.54) is 0 Å². The van der Waals surface area contributed by atoms with Crippen LogP contribution in [0.25, 0.3) is 0 Å². The van der Waals surface area contributed by atoms with Gasteiger partial charge in [-0.3, -0.25) is 0 Å². The fraction of sp³-hybridized carbons (Fsp3) is 0.571. The van der Waals surface area contributed by atoms with Crippen molar-refractivity contribution >= 4 is 10.0 Å². The Balaban J connectivity index is 2.52. The third kappa shape index (κ3) is 6.71. The highest BCUT2D eigenvalue weighted by atomic mass is 32.2. The van der Waals surface area contributed by atoms with Crippen LogP contribution in [0.5, 0.6) is 0 Å². The number of sulfonamides is 1. The van der Waals surface area contributed by atoms with Crippen LogP contribution in [0.3, 0.4) is 0 Å². The molecule has 19 heavy (non-hydrogen) atoms. The van der Waals surface area contributed by atoms with Gasteiger partial charge in [-0.05, 0) is 25.8 Å². The first-order chi connectivity index (χ1) is 8.85. The van der Waals surface area contributed by atoms with Crippen molar-refractivity contribution in [1.29, 1.82) is 0 Å². The molecule has 0 fully saturated rings. The summed E-state index contributed by atoms with van der Waals surface area (Å²) in [7, 11) is -3.28. The zero-order valence-electron chi connectivity index (χ0n) is 11.8. The number of rotatable bonds is 8. The first kappa shape index (κ1) is 16.1. The van der Waals surface area contributed by atoms with Gasteiger partial charge in [-0.1, -0.05) is 37.3 Å². The molecule has 0 saturated carbocycles. The molecule has 1 aromatic carbocycles. The second kappa shape index (κ2) is 7.03. The second-order valence-electron chi connectivity index (χ2n) is 5.19. The van der Waals surface area contributed by atoms with Crippen LogP contribution in [0.15, 0.2) is 30.3 Å². The lowest BCUT2D eigenvalue weighted by atomic mass is 10.2. The van der Waals surface area contributed by atoms with Gasteiger partial charge in [0.25, 0.3) is 0 Å². The molecule has 0 aliphatic heterocycles. The van der Waals surface area contributed by atoms with Crippen LogP contribution < -0.4 is 4.72 Å². The molecule has 0 aromatic heterocycles. The standard InChI is InChI=1S/C14H23NO3S/c1-4-10-15-19(16,17)12-14(2,3)18-11-13-8-6-5-7-9-13/h5-9,15H,4,10-12H2,1-3H3. The zero-order chi connectivity index (χ0) is 14.4. The van der Waals surface area contributed by atoms with Crippen molar-refractivity contribution in [3.8, 4) is 0 Å². The van der Waals surface area contributed by atoms with Crippen LogP contribution in [0.4, 0.5) is 0 Å². The molecule has 0 radical (unpaired) electrons. The van der Waals surface area contributed by atoms with Gasteiger partial charge in [0.15, 0.2) is 0 Å². The second-order valence-corrected chi connectivity index (χ2v) is 6.99. The molecule has 0 aliphatic carbocycles. The maximum absolute atomic E-state index is 11.8. The quantitative estimate of drug-likeness (QED) is 0.797. The molecule has 1 N–H and O–H groups in total. The summed E-state index contributed by atoms with van der Waals surface area (Å²) in [5, 5.41) is 0. The Morgan fingerprint density at radius 2 is 1.84 bits per heavy atom. The minimum Gasteiger partial charge on any atom is -0.370 e. The monoisotopic (exact) mass is 285 g/mol. The zero-order valence-corrected chi connectivity index (χ0v) is 12.7. The highest BCUT2D eigenvalue weighted by Gasteiger charge is 2.26. The van der Waals surface area contributed by atoms with Crippen molar-refractivity contribution < 1.29 is 13.2 Å². The van der Waals surface area contributed by atoms with Gasteiger partial charge in [-0.15, -0.1) is 0 Å². The lowest BCUT2D eigenvalue weighted by molar-refractivity contribution is -0.0125. The van der Waals surface area contributed by atoms with Gasteiger partial charge in [-0.2, -0.15) is 0 Å². The van der Waals surface area contributed by atoms with E-state index in [9.17, 15) is 8.42 Å². The van der Waals surface area contributed by atoms with Crippen molar-refractivity contribution in [1.82, 2.24) is 4.72 Å². The normalized spacial score (nSPS) is 12.6. The Bertz CT molecular complexity index is 469. The Kier molecular flexibility index (Phi) is 5.97. The van der Waals surface area contributed by atoms with E-state index in [1.807, 2.05) is 37.3 Å². The molecule has 4 nitrogen and oxygen atoms in total. The molecule has 0 heterocycles. The van der Waals surface area contributed by atoms with Crippen LogP contribution in [0.2, 0.25) is 0 Å². The molecular formula is C14H23NO3S. The first-order valence-corrected chi connectivity index (χ1v) is 8.15. The maximum atomic E-state index is 11.8. The molecular weight excluding hydrogens is 262 g/mol. The van der Waals surface area contributed by atoms with Crippen LogP contribution >= 0.6 is 0 Å². The maximum Gasteiger partial charge on any atom is 0.214 e. The Labute approximate surface area is 116 Å². The third-order valence-corrected chi connectivity index (χ3v) is 4.30. The number of hydrogen-bond acceptors (Lipinski definition) is 3. The van der Waals surface area contributed by atoms with E-state index >= 15 is 0 Å². The number of nitrogens with one attached hydrogen (secondary N) is 1. The van der Waals surface area contributed by atoms with Gasteiger partial charge in [0.05, 0.1) is 18.0 Å². The largest absolute Gasteiger partial charge is 0.370 e. The van der Waals surface area contributed by atoms with Crippen molar-refractivity contribution in [3.05, 3.63) is 35.9 Å². The summed E-state index contributed by atoms with van der Waals surface area (Å²) in [6, 6.07) is 9.73. The van der Waals surface area contributed by atoms with Crippen LogP contribution in [0, 0.1) is 0 Å². The van der Waals surface area contributed by atoms with E-state index in [0.29, 0.717) is 13.2 Å². The minimum atomic E-state index is -3.28. The topological polar surface area (TPSA) is 55.4 Å². The third-order valence-electron chi connectivity index (χ3n) is 2.58. The summed E-state index contributed by atoms with van der Waals surface area (Å²) in [6.45, 7) is 6.40. The van der Waals surface area contributed by atoms with Crippen LogP contribution in [-0.4, -0.2) is 26.3 Å². The molecule has 1 aromatic rings. The number of benzene rings is 1. The Hall–Kier alpha value is -0.910. The molecule has 0 atom stereocenters. The van der Waals surface area contributed by atoms with Gasteiger partial charge < -0.3 is 4.74 Å². The summed E-state index contributed by atoms with van der Waals surface area (Å²) < 4.78 is 31.9. The van der Waals surface area contributed by atoms with Crippen molar-refractivity contribution in [3.63, 3.8) is 0 Å². The lowest BCUT2D eigenvalue weighted by Gasteiger charge is -2.25. The average molecular weight is 285 g/mol. The lowest BCUT2D eigenvalue weighted by Crippen LogP contribution is -2.39. The van der Waals surface area contributed by atoms with Gasteiger partial charge in [0.2, 0.25) is 10.0 Å². The molecule has 108 valence electrons.